The maximum Gasteiger partial charge on any atom is 0.254 e. The van der Waals surface area contributed by atoms with Crippen molar-refractivity contribution in [2.45, 2.75) is 0 Å². The summed E-state index contributed by atoms with van der Waals surface area (Å²) in [4.78, 5) is 11.9. The Hall–Kier alpha value is -2.99. The zero-order valence-electron chi connectivity index (χ0n) is 12.7. The Bertz CT molecular complexity index is 921. The summed E-state index contributed by atoms with van der Waals surface area (Å²) in [7, 11) is 1.46. The summed E-state index contributed by atoms with van der Waals surface area (Å²) in [5.74, 6) is -0.939. The van der Waals surface area contributed by atoms with Crippen molar-refractivity contribution >= 4 is 17.5 Å². The van der Waals surface area contributed by atoms with Crippen LogP contribution >= 0.6 is 11.6 Å². The molecule has 0 aliphatic carbocycles. The molecule has 3 N–H and O–H groups in total. The maximum absolute atomic E-state index is 11.9. The summed E-state index contributed by atoms with van der Waals surface area (Å²) >= 11 is 6.22. The number of nitrogens with one attached hydrogen (secondary N) is 1. The number of aromatic hydroxyl groups is 2. The fourth-order valence-electron chi connectivity index (χ4n) is 2.42. The maximum atomic E-state index is 11.9. The molecule has 0 bridgehead atoms. The van der Waals surface area contributed by atoms with Gasteiger partial charge in [-0.25, -0.2) is 4.68 Å². The Labute approximate surface area is 142 Å². The molecule has 3 aromatic rings. The molecule has 7 heteroatoms. The first-order chi connectivity index (χ1) is 11.5. The molecule has 0 unspecified atom stereocenters. The third kappa shape index (κ3) is 2.68. The highest BCUT2D eigenvalue weighted by Crippen LogP contribution is 2.36. The van der Waals surface area contributed by atoms with E-state index in [9.17, 15) is 15.0 Å². The highest BCUT2D eigenvalue weighted by Gasteiger charge is 2.18. The zero-order valence-corrected chi connectivity index (χ0v) is 13.4. The molecule has 122 valence electrons. The number of amides is 1. The number of nitrogens with zero attached hydrogens (tertiary/aromatic N) is 2. The first-order valence-electron chi connectivity index (χ1n) is 7.10. The van der Waals surface area contributed by atoms with E-state index in [2.05, 4.69) is 10.4 Å². The van der Waals surface area contributed by atoms with Crippen LogP contribution in [0.4, 0.5) is 0 Å². The number of phenols is 2. The van der Waals surface area contributed by atoms with Gasteiger partial charge in [0, 0.05) is 18.7 Å². The van der Waals surface area contributed by atoms with Gasteiger partial charge in [0.25, 0.3) is 5.91 Å². The highest BCUT2D eigenvalue weighted by atomic mass is 35.5. The van der Waals surface area contributed by atoms with Crippen LogP contribution in [0.1, 0.15) is 10.4 Å². The topological polar surface area (TPSA) is 87.4 Å². The number of aromatic nitrogens is 2. The van der Waals surface area contributed by atoms with Gasteiger partial charge in [0.1, 0.15) is 11.5 Å². The number of halogens is 1. The van der Waals surface area contributed by atoms with Crippen molar-refractivity contribution < 1.29 is 15.0 Å². The van der Waals surface area contributed by atoms with Crippen LogP contribution in [-0.2, 0) is 0 Å². The average molecular weight is 344 g/mol. The predicted molar refractivity (Wildman–Crippen MR) is 90.7 cm³/mol. The van der Waals surface area contributed by atoms with Crippen LogP contribution in [0.5, 0.6) is 11.5 Å². The van der Waals surface area contributed by atoms with E-state index in [4.69, 9.17) is 11.6 Å². The molecule has 0 aliphatic rings. The van der Waals surface area contributed by atoms with Gasteiger partial charge in [-0.15, -0.1) is 0 Å². The summed E-state index contributed by atoms with van der Waals surface area (Å²) in [5, 5.41) is 27.3. The smallest absolute Gasteiger partial charge is 0.254 e. The predicted octanol–water partition coefficient (Wildman–Crippen LogP) is 2.96. The summed E-state index contributed by atoms with van der Waals surface area (Å²) in [6, 6.07) is 11.4. The molecule has 2 aromatic carbocycles. The van der Waals surface area contributed by atoms with E-state index >= 15 is 0 Å². The number of hydrogen-bond donors (Lipinski definition) is 3. The van der Waals surface area contributed by atoms with Crippen molar-refractivity contribution in [1.82, 2.24) is 15.1 Å². The van der Waals surface area contributed by atoms with Gasteiger partial charge in [0.15, 0.2) is 0 Å². The van der Waals surface area contributed by atoms with E-state index in [0.717, 1.165) is 6.07 Å². The van der Waals surface area contributed by atoms with Gasteiger partial charge in [-0.1, -0.05) is 23.7 Å². The Balaban J connectivity index is 2.20. The van der Waals surface area contributed by atoms with Gasteiger partial charge in [0.05, 0.1) is 28.2 Å². The van der Waals surface area contributed by atoms with Gasteiger partial charge in [-0.3, -0.25) is 4.79 Å². The number of rotatable bonds is 3. The lowest BCUT2D eigenvalue weighted by Gasteiger charge is -2.12. The number of benzene rings is 2. The van der Waals surface area contributed by atoms with Crippen LogP contribution in [0.2, 0.25) is 5.02 Å². The highest BCUT2D eigenvalue weighted by molar-refractivity contribution is 6.32. The lowest BCUT2D eigenvalue weighted by molar-refractivity contribution is 0.0960. The second kappa shape index (κ2) is 6.25. The molecule has 0 saturated carbocycles. The van der Waals surface area contributed by atoms with Crippen LogP contribution in [0.3, 0.4) is 0 Å². The minimum atomic E-state index is -0.461. The molecule has 1 aromatic heterocycles. The van der Waals surface area contributed by atoms with Crippen molar-refractivity contribution in [2.24, 2.45) is 0 Å². The summed E-state index contributed by atoms with van der Waals surface area (Å²) in [5.41, 5.74) is 1.57. The number of hydrogen-bond acceptors (Lipinski definition) is 4. The molecule has 0 spiro atoms. The molecule has 0 atom stereocenters. The van der Waals surface area contributed by atoms with Crippen LogP contribution in [-0.4, -0.2) is 32.9 Å². The molecular formula is C17H14ClN3O3. The lowest BCUT2D eigenvalue weighted by Crippen LogP contribution is -2.18. The van der Waals surface area contributed by atoms with Crippen LogP contribution in [0.15, 0.2) is 48.7 Å². The van der Waals surface area contributed by atoms with Crippen molar-refractivity contribution in [3.63, 3.8) is 0 Å². The quantitative estimate of drug-likeness (QED) is 0.682. The van der Waals surface area contributed by atoms with Gasteiger partial charge in [-0.2, -0.15) is 5.10 Å². The SMILES string of the molecule is CNC(=O)c1cc(-c2ccnn2-c2ccccc2Cl)c(O)cc1O. The van der Waals surface area contributed by atoms with E-state index in [-0.39, 0.29) is 17.1 Å². The van der Waals surface area contributed by atoms with Crippen LogP contribution in [0.25, 0.3) is 16.9 Å². The fraction of sp³-hybridized carbons (Fsp3) is 0.0588. The number of phenolic OH excluding ortho intramolecular Hbond substituents is 2. The van der Waals surface area contributed by atoms with Crippen molar-refractivity contribution in [2.75, 3.05) is 7.05 Å². The lowest BCUT2D eigenvalue weighted by atomic mass is 10.0. The Kier molecular flexibility index (Phi) is 4.14. The van der Waals surface area contributed by atoms with E-state index in [1.54, 1.807) is 35.1 Å². The minimum Gasteiger partial charge on any atom is -0.507 e. The summed E-state index contributed by atoms with van der Waals surface area (Å²) in [6.45, 7) is 0. The number of para-hydroxylation sites is 1. The van der Waals surface area contributed by atoms with E-state index in [1.807, 2.05) is 6.07 Å². The van der Waals surface area contributed by atoms with Gasteiger partial charge >= 0.3 is 0 Å². The van der Waals surface area contributed by atoms with Crippen LogP contribution < -0.4 is 5.32 Å². The molecule has 24 heavy (non-hydrogen) atoms. The standard InChI is InChI=1S/C17H14ClN3O3/c1-19-17(24)11-8-10(15(22)9-16(11)23)13-6-7-20-21(13)14-5-3-2-4-12(14)18/h2-9,22-23H,1H3,(H,19,24). The Morgan fingerprint density at radius 1 is 1.17 bits per heavy atom. The Morgan fingerprint density at radius 2 is 1.92 bits per heavy atom. The molecule has 0 saturated heterocycles. The first-order valence-corrected chi connectivity index (χ1v) is 7.48. The number of carbonyl (C=O) groups is 1. The van der Waals surface area contributed by atoms with E-state index in [1.165, 1.54) is 13.1 Å². The Morgan fingerprint density at radius 3 is 2.62 bits per heavy atom. The third-order valence-corrected chi connectivity index (χ3v) is 3.90. The first kappa shape index (κ1) is 15.9. The van der Waals surface area contributed by atoms with Crippen LogP contribution in [0, 0.1) is 0 Å². The second-order valence-corrected chi connectivity index (χ2v) is 5.45. The normalized spacial score (nSPS) is 10.6. The molecule has 6 nitrogen and oxygen atoms in total. The minimum absolute atomic E-state index is 0.0530. The number of carbonyl (C=O) groups excluding carboxylic acids is 1. The monoisotopic (exact) mass is 343 g/mol. The zero-order chi connectivity index (χ0) is 17.3. The van der Waals surface area contributed by atoms with Crippen molar-refractivity contribution in [3.8, 4) is 28.4 Å². The third-order valence-electron chi connectivity index (χ3n) is 3.59. The van der Waals surface area contributed by atoms with E-state index in [0.29, 0.717) is 22.0 Å². The molecule has 0 radical (unpaired) electrons. The molecule has 0 fully saturated rings. The van der Waals surface area contributed by atoms with Gasteiger partial charge in [0.2, 0.25) is 0 Å². The average Bonchev–Trinajstić information content (AvgIpc) is 3.04. The second-order valence-electron chi connectivity index (χ2n) is 5.05. The summed E-state index contributed by atoms with van der Waals surface area (Å²) in [6.07, 6.45) is 1.56. The fourth-order valence-corrected chi connectivity index (χ4v) is 2.64. The van der Waals surface area contributed by atoms with Gasteiger partial charge < -0.3 is 15.5 Å². The molecule has 3 rings (SSSR count). The molecular weight excluding hydrogens is 330 g/mol. The molecule has 0 aliphatic heterocycles. The van der Waals surface area contributed by atoms with E-state index < -0.39 is 5.91 Å². The summed E-state index contributed by atoms with van der Waals surface area (Å²) < 4.78 is 1.56. The molecule has 1 heterocycles. The van der Waals surface area contributed by atoms with Crippen molar-refractivity contribution in [1.29, 1.82) is 0 Å². The van der Waals surface area contributed by atoms with Crippen molar-refractivity contribution in [3.05, 3.63) is 59.2 Å². The largest absolute Gasteiger partial charge is 0.507 e. The molecule has 1 amide bonds. The van der Waals surface area contributed by atoms with Gasteiger partial charge in [-0.05, 0) is 24.3 Å².